The van der Waals surface area contributed by atoms with Crippen LogP contribution in [0.1, 0.15) is 113 Å². The molecule has 1 aliphatic heterocycles. The summed E-state index contributed by atoms with van der Waals surface area (Å²) in [4.78, 5) is 56.6. The zero-order chi connectivity index (χ0) is 34.8. The minimum Gasteiger partial charge on any atom is -0.355 e. The number of ketones is 1. The van der Waals surface area contributed by atoms with Gasteiger partial charge in [-0.25, -0.2) is 4.79 Å². The van der Waals surface area contributed by atoms with Crippen molar-refractivity contribution in [1.82, 2.24) is 26.2 Å². The lowest BCUT2D eigenvalue weighted by atomic mass is 9.84. The molecule has 0 radical (unpaired) electrons. The van der Waals surface area contributed by atoms with E-state index in [0.29, 0.717) is 31.7 Å². The summed E-state index contributed by atoms with van der Waals surface area (Å²) in [6.45, 7) is 18.6. The van der Waals surface area contributed by atoms with E-state index in [1.165, 1.54) is 32.6 Å². The van der Waals surface area contributed by atoms with E-state index in [9.17, 15) is 24.0 Å². The molecule has 1 aliphatic carbocycles. The third-order valence-electron chi connectivity index (χ3n) is 6.38. The molecule has 2 aliphatic rings. The molecule has 3 unspecified atom stereocenters. The number of terminal acetylenes is 1. The van der Waals surface area contributed by atoms with Crippen molar-refractivity contribution in [3.8, 4) is 12.3 Å². The van der Waals surface area contributed by atoms with Crippen molar-refractivity contribution in [2.75, 3.05) is 27.2 Å². The lowest BCUT2D eigenvalue weighted by molar-refractivity contribution is -0.129. The average molecular weight is 624 g/mol. The summed E-state index contributed by atoms with van der Waals surface area (Å²) in [6.07, 6.45) is 18.1. The number of Topliss-reactive ketones (excluding diaryl/α,β-unsaturated/α-hetero) is 1. The smallest absolute Gasteiger partial charge is 0.315 e. The first-order valence-corrected chi connectivity index (χ1v) is 16.3. The Bertz CT molecular complexity index is 771. The lowest BCUT2D eigenvalue weighted by Gasteiger charge is -2.26. The van der Waals surface area contributed by atoms with Crippen LogP contribution >= 0.6 is 0 Å². The highest BCUT2D eigenvalue weighted by atomic mass is 16.2. The summed E-state index contributed by atoms with van der Waals surface area (Å²) in [6, 6.07) is -1.11. The Hall–Kier alpha value is -3.19. The first-order valence-electron chi connectivity index (χ1n) is 16.3. The fourth-order valence-electron chi connectivity index (χ4n) is 4.23. The summed E-state index contributed by atoms with van der Waals surface area (Å²) >= 11 is 0. The van der Waals surface area contributed by atoms with Gasteiger partial charge in [0.05, 0.1) is 18.1 Å². The Morgan fingerprint density at radius 3 is 1.93 bits per heavy atom. The molecule has 4 N–H and O–H groups in total. The quantitative estimate of drug-likeness (QED) is 0.110. The Balaban J connectivity index is -0.000000265. The number of likely N-dealkylation sites (N-methyl/N-ethyl adjacent to an activating group) is 1. The number of hydrogen-bond acceptors (Lipinski definition) is 6. The molecule has 256 valence electrons. The highest BCUT2D eigenvalue weighted by molar-refractivity contribution is 5.89. The monoisotopic (exact) mass is 623 g/mol. The number of urea groups is 1. The zero-order valence-electron chi connectivity index (χ0n) is 29.3. The van der Waals surface area contributed by atoms with Gasteiger partial charge < -0.3 is 26.1 Å². The molecule has 10 nitrogen and oxygen atoms in total. The first-order chi connectivity index (χ1) is 21.2. The van der Waals surface area contributed by atoms with Gasteiger partial charge in [0.2, 0.25) is 12.3 Å². The van der Waals surface area contributed by atoms with E-state index in [4.69, 9.17) is 6.42 Å². The fraction of sp³-hybridized carbons (Fsp3) is 0.735. The van der Waals surface area contributed by atoms with Gasteiger partial charge in [-0.1, -0.05) is 73.3 Å². The number of aldehydes is 1. The van der Waals surface area contributed by atoms with Gasteiger partial charge in [-0.3, -0.25) is 19.3 Å². The van der Waals surface area contributed by atoms with E-state index >= 15 is 0 Å². The van der Waals surface area contributed by atoms with Gasteiger partial charge in [0.25, 0.3) is 0 Å². The number of carbonyl (C=O) groups excluding carboxylic acids is 5. The molecule has 0 aromatic heterocycles. The van der Waals surface area contributed by atoms with Crippen LogP contribution in [0.4, 0.5) is 4.79 Å². The minimum atomic E-state index is -0.437. The van der Waals surface area contributed by atoms with E-state index < -0.39 is 6.04 Å². The van der Waals surface area contributed by atoms with Crippen LogP contribution in [0.25, 0.3) is 0 Å². The number of hydrogen-bond donors (Lipinski definition) is 4. The summed E-state index contributed by atoms with van der Waals surface area (Å²) in [5, 5.41) is 10.3. The van der Waals surface area contributed by atoms with E-state index in [1.807, 2.05) is 39.6 Å². The van der Waals surface area contributed by atoms with Crippen LogP contribution in [0.5, 0.6) is 0 Å². The van der Waals surface area contributed by atoms with Crippen LogP contribution in [0.3, 0.4) is 0 Å². The zero-order valence-corrected chi connectivity index (χ0v) is 29.3. The van der Waals surface area contributed by atoms with E-state index in [-0.39, 0.29) is 29.8 Å². The molecule has 0 aromatic rings. The molecule has 10 heteroatoms. The maximum Gasteiger partial charge on any atom is 0.315 e. The molecule has 44 heavy (non-hydrogen) atoms. The second-order valence-corrected chi connectivity index (χ2v) is 9.86. The second kappa shape index (κ2) is 36.0. The fourth-order valence-corrected chi connectivity index (χ4v) is 4.23. The molecule has 0 aromatic carbocycles. The average Bonchev–Trinajstić information content (AvgIpc) is 3.49. The van der Waals surface area contributed by atoms with Crippen molar-refractivity contribution < 1.29 is 24.0 Å². The molecule has 1 saturated carbocycles. The number of nitrogens with one attached hydrogen (secondary N) is 4. The third kappa shape index (κ3) is 26.4. The molecule has 0 bridgehead atoms. The molecular weight excluding hydrogens is 558 g/mol. The second-order valence-electron chi connectivity index (χ2n) is 9.86. The predicted molar refractivity (Wildman–Crippen MR) is 183 cm³/mol. The van der Waals surface area contributed by atoms with Crippen LogP contribution < -0.4 is 21.3 Å². The molecule has 2 fully saturated rings. The first kappa shape index (κ1) is 47.7. The van der Waals surface area contributed by atoms with E-state index in [2.05, 4.69) is 47.6 Å². The van der Waals surface area contributed by atoms with Crippen molar-refractivity contribution in [3.63, 3.8) is 0 Å². The van der Waals surface area contributed by atoms with Gasteiger partial charge in [-0.15, -0.1) is 18.9 Å². The van der Waals surface area contributed by atoms with Gasteiger partial charge in [0.1, 0.15) is 6.29 Å². The van der Waals surface area contributed by atoms with Gasteiger partial charge in [-0.05, 0) is 58.5 Å². The van der Waals surface area contributed by atoms with Gasteiger partial charge in [0.15, 0.2) is 5.78 Å². The van der Waals surface area contributed by atoms with Crippen LogP contribution in [0.2, 0.25) is 0 Å². The Kier molecular flexibility index (Phi) is 39.1. The van der Waals surface area contributed by atoms with Crippen molar-refractivity contribution in [2.24, 2.45) is 5.92 Å². The molecule has 0 spiro atoms. The van der Waals surface area contributed by atoms with Crippen LogP contribution in [0, 0.1) is 18.3 Å². The highest BCUT2D eigenvalue weighted by Gasteiger charge is 2.29. The third-order valence-corrected chi connectivity index (χ3v) is 6.38. The molecule has 2 rings (SSSR count). The lowest BCUT2D eigenvalue weighted by Crippen LogP contribution is -2.48. The molecule has 4 amide bonds. The summed E-state index contributed by atoms with van der Waals surface area (Å²) in [7, 11) is 3.49. The largest absolute Gasteiger partial charge is 0.355 e. The normalized spacial score (nSPS) is 16.3. The van der Waals surface area contributed by atoms with Gasteiger partial charge >= 0.3 is 6.03 Å². The maximum atomic E-state index is 12.0. The van der Waals surface area contributed by atoms with Crippen molar-refractivity contribution >= 4 is 30.4 Å². The van der Waals surface area contributed by atoms with Crippen molar-refractivity contribution in [3.05, 3.63) is 12.7 Å². The number of rotatable bonds is 11. The summed E-state index contributed by atoms with van der Waals surface area (Å²) in [5.74, 6) is 2.74. The maximum absolute atomic E-state index is 12.0. The van der Waals surface area contributed by atoms with Gasteiger partial charge in [0, 0.05) is 20.0 Å². The minimum absolute atomic E-state index is 0.0331. The molecule has 1 saturated heterocycles. The standard InChI is InChI=1S/C13H20N2O2.C10H18N2O2.C4H7NO.C3H8.2C2H6/c1-4-5-7-11(10(2)16)14-13(17)12-8-6-9-15(12)3;1-11-10(14)12-9(7-13)8-5-3-2-4-6-8;1-2-3-5-4-6;1-3-2;2*1-2/h1,11-12H,5-9H2,2-3H3,(H,14,17);7-9H,2-6H2,1H3,(H2,11,12,14);2,4H,1,3H2,(H,5,6);3H2,1-2H3;2*1-2H3. The Morgan fingerprint density at radius 1 is 1.00 bits per heavy atom. The van der Waals surface area contributed by atoms with Crippen molar-refractivity contribution in [2.45, 2.75) is 131 Å². The molecule has 3 atom stereocenters. The predicted octanol–water partition coefficient (Wildman–Crippen LogP) is 5.02. The molecular formula is C34H65N5O5. The Morgan fingerprint density at radius 2 is 1.57 bits per heavy atom. The topological polar surface area (TPSA) is 137 Å². The van der Waals surface area contributed by atoms with Crippen LogP contribution in [-0.2, 0) is 19.2 Å². The van der Waals surface area contributed by atoms with Crippen LogP contribution in [-0.4, -0.2) is 80.6 Å². The van der Waals surface area contributed by atoms with Crippen LogP contribution in [0.15, 0.2) is 12.7 Å². The van der Waals surface area contributed by atoms with Gasteiger partial charge in [-0.2, -0.15) is 0 Å². The highest BCUT2D eigenvalue weighted by Crippen LogP contribution is 2.25. The summed E-state index contributed by atoms with van der Waals surface area (Å²) < 4.78 is 0. The number of carbonyl (C=O) groups is 5. The molecule has 1 heterocycles. The van der Waals surface area contributed by atoms with E-state index in [1.54, 1.807) is 13.1 Å². The number of likely N-dealkylation sites (tertiary alicyclic amines) is 1. The number of nitrogens with zero attached hydrogens (tertiary/aromatic N) is 1. The number of amides is 4. The van der Waals surface area contributed by atoms with Crippen molar-refractivity contribution in [1.29, 1.82) is 0 Å². The SMILES string of the molecule is C#CCCC(NC(=O)C1CCCN1C)C(C)=O.C=CCNC=O.CC.CC.CCC.CNC(=O)NC(C=O)C1CCCCC1. The Labute approximate surface area is 269 Å². The van der Waals surface area contributed by atoms with E-state index in [0.717, 1.165) is 38.5 Å². The summed E-state index contributed by atoms with van der Waals surface area (Å²) in [5.41, 5.74) is 0.